The number of ether oxygens (including phenoxy) is 1. The lowest BCUT2D eigenvalue weighted by Crippen LogP contribution is -2.11. The molecule has 0 aliphatic carbocycles. The third-order valence-electron chi connectivity index (χ3n) is 2.32. The molecule has 1 aromatic carbocycles. The highest BCUT2D eigenvalue weighted by Crippen LogP contribution is 2.14. The maximum atomic E-state index is 11.9. The van der Waals surface area contributed by atoms with E-state index in [-0.39, 0.29) is 5.91 Å². The van der Waals surface area contributed by atoms with Gasteiger partial charge in [0.15, 0.2) is 0 Å². The van der Waals surface area contributed by atoms with Crippen LogP contribution in [0.5, 0.6) is 5.75 Å². The number of nitrogens with one attached hydrogen (secondary N) is 1. The Kier molecular flexibility index (Phi) is 3.87. The minimum Gasteiger partial charge on any atom is -0.427 e. The third kappa shape index (κ3) is 3.64. The van der Waals surface area contributed by atoms with Crippen molar-refractivity contribution in [1.29, 1.82) is 0 Å². The van der Waals surface area contributed by atoms with Gasteiger partial charge < -0.3 is 10.1 Å². The number of amides is 1. The normalized spacial score (nSPS) is 9.74. The number of esters is 1. The first-order valence-corrected chi connectivity index (χ1v) is 5.65. The molecular weight excluding hydrogens is 244 g/mol. The van der Waals surface area contributed by atoms with E-state index in [1.807, 2.05) is 0 Å². The van der Waals surface area contributed by atoms with Crippen molar-refractivity contribution in [2.75, 3.05) is 5.32 Å². The van der Waals surface area contributed by atoms with E-state index < -0.39 is 5.97 Å². The van der Waals surface area contributed by atoms with E-state index in [0.29, 0.717) is 17.0 Å². The Morgan fingerprint density at radius 1 is 1.05 bits per heavy atom. The van der Waals surface area contributed by atoms with Crippen LogP contribution in [0.2, 0.25) is 0 Å². The fraction of sp³-hybridized carbons (Fsp3) is 0.0714. The highest BCUT2D eigenvalue weighted by atomic mass is 16.5. The largest absolute Gasteiger partial charge is 0.427 e. The quantitative estimate of drug-likeness (QED) is 0.675. The van der Waals surface area contributed by atoms with Crippen molar-refractivity contribution < 1.29 is 14.3 Å². The van der Waals surface area contributed by atoms with E-state index >= 15 is 0 Å². The van der Waals surface area contributed by atoms with Crippen LogP contribution in [-0.4, -0.2) is 16.9 Å². The number of carbonyl (C=O) groups excluding carboxylic acids is 2. The monoisotopic (exact) mass is 256 g/mol. The molecule has 0 bridgehead atoms. The van der Waals surface area contributed by atoms with E-state index in [0.717, 1.165) is 0 Å². The SMILES string of the molecule is CC(=O)Oc1ccc(C(=O)Nc2ccncc2)cc1. The molecule has 0 spiro atoms. The molecule has 0 aliphatic rings. The van der Waals surface area contributed by atoms with Gasteiger partial charge in [-0.2, -0.15) is 0 Å². The summed E-state index contributed by atoms with van der Waals surface area (Å²) in [6.07, 6.45) is 3.19. The van der Waals surface area contributed by atoms with Crippen LogP contribution in [0.4, 0.5) is 5.69 Å². The summed E-state index contributed by atoms with van der Waals surface area (Å²) in [7, 11) is 0. The Morgan fingerprint density at radius 3 is 2.26 bits per heavy atom. The van der Waals surface area contributed by atoms with Crippen molar-refractivity contribution in [1.82, 2.24) is 4.98 Å². The second-order valence-electron chi connectivity index (χ2n) is 3.81. The van der Waals surface area contributed by atoms with Gasteiger partial charge in [-0.1, -0.05) is 0 Å². The molecule has 5 nitrogen and oxygen atoms in total. The fourth-order valence-corrected chi connectivity index (χ4v) is 1.48. The molecule has 5 heteroatoms. The highest BCUT2D eigenvalue weighted by Gasteiger charge is 2.06. The second-order valence-corrected chi connectivity index (χ2v) is 3.81. The first kappa shape index (κ1) is 12.8. The van der Waals surface area contributed by atoms with Crippen LogP contribution in [0.15, 0.2) is 48.8 Å². The third-order valence-corrected chi connectivity index (χ3v) is 2.32. The number of pyridine rings is 1. The van der Waals surface area contributed by atoms with Crippen LogP contribution in [0.3, 0.4) is 0 Å². The topological polar surface area (TPSA) is 68.3 Å². The average molecular weight is 256 g/mol. The number of hydrogen-bond donors (Lipinski definition) is 1. The highest BCUT2D eigenvalue weighted by molar-refractivity contribution is 6.04. The summed E-state index contributed by atoms with van der Waals surface area (Å²) in [5.41, 5.74) is 1.15. The van der Waals surface area contributed by atoms with Gasteiger partial charge in [0.1, 0.15) is 5.75 Å². The van der Waals surface area contributed by atoms with Crippen LogP contribution in [0.1, 0.15) is 17.3 Å². The Labute approximate surface area is 110 Å². The molecule has 0 fully saturated rings. The van der Waals surface area contributed by atoms with Gasteiger partial charge in [-0.15, -0.1) is 0 Å². The summed E-state index contributed by atoms with van der Waals surface area (Å²) in [5.74, 6) is -0.220. The molecule has 2 rings (SSSR count). The van der Waals surface area contributed by atoms with Gasteiger partial charge >= 0.3 is 5.97 Å². The molecular formula is C14H12N2O3. The van der Waals surface area contributed by atoms with Gasteiger partial charge in [-0.3, -0.25) is 14.6 Å². The molecule has 1 heterocycles. The summed E-state index contributed by atoms with van der Waals surface area (Å²) in [4.78, 5) is 26.5. The molecule has 0 saturated heterocycles. The van der Waals surface area contributed by atoms with E-state index in [2.05, 4.69) is 10.3 Å². The number of anilines is 1. The molecule has 19 heavy (non-hydrogen) atoms. The Bertz CT molecular complexity index is 579. The summed E-state index contributed by atoms with van der Waals surface area (Å²) in [6, 6.07) is 9.73. The van der Waals surface area contributed by atoms with Gasteiger partial charge in [0.05, 0.1) is 0 Å². The van der Waals surface area contributed by atoms with Crippen molar-refractivity contribution in [2.24, 2.45) is 0 Å². The molecule has 1 aromatic heterocycles. The van der Waals surface area contributed by atoms with Gasteiger partial charge in [0.25, 0.3) is 5.91 Å². The number of hydrogen-bond acceptors (Lipinski definition) is 4. The number of rotatable bonds is 3. The van der Waals surface area contributed by atoms with Gasteiger partial charge in [0, 0.05) is 30.6 Å². The van der Waals surface area contributed by atoms with Crippen LogP contribution >= 0.6 is 0 Å². The maximum absolute atomic E-state index is 11.9. The van der Waals surface area contributed by atoms with E-state index in [9.17, 15) is 9.59 Å². The van der Waals surface area contributed by atoms with E-state index in [4.69, 9.17) is 4.74 Å². The molecule has 0 atom stereocenters. The van der Waals surface area contributed by atoms with E-state index in [1.54, 1.807) is 48.8 Å². The molecule has 96 valence electrons. The smallest absolute Gasteiger partial charge is 0.308 e. The first-order chi connectivity index (χ1) is 9.15. The zero-order valence-electron chi connectivity index (χ0n) is 10.3. The van der Waals surface area contributed by atoms with Crippen molar-refractivity contribution in [3.05, 3.63) is 54.4 Å². The standard InChI is InChI=1S/C14H12N2O3/c1-10(17)19-13-4-2-11(3-5-13)14(18)16-12-6-8-15-9-7-12/h2-9H,1H3,(H,15,16,18). The maximum Gasteiger partial charge on any atom is 0.308 e. The van der Waals surface area contributed by atoms with Crippen LogP contribution in [-0.2, 0) is 4.79 Å². The van der Waals surface area contributed by atoms with Crippen LogP contribution in [0.25, 0.3) is 0 Å². The summed E-state index contributed by atoms with van der Waals surface area (Å²) in [6.45, 7) is 1.32. The second kappa shape index (κ2) is 5.77. The molecule has 0 saturated carbocycles. The lowest BCUT2D eigenvalue weighted by Gasteiger charge is -2.05. The lowest BCUT2D eigenvalue weighted by atomic mass is 10.2. The van der Waals surface area contributed by atoms with Gasteiger partial charge in [0.2, 0.25) is 0 Å². The van der Waals surface area contributed by atoms with Gasteiger partial charge in [-0.25, -0.2) is 0 Å². The molecule has 1 amide bonds. The summed E-state index contributed by atoms with van der Waals surface area (Å²) in [5, 5.41) is 2.73. The average Bonchev–Trinajstić information content (AvgIpc) is 2.40. The Balaban J connectivity index is 2.05. The van der Waals surface area contributed by atoms with Crippen molar-refractivity contribution in [3.63, 3.8) is 0 Å². The zero-order valence-corrected chi connectivity index (χ0v) is 10.3. The summed E-state index contributed by atoms with van der Waals surface area (Å²) < 4.78 is 4.89. The minimum absolute atomic E-state index is 0.236. The molecule has 0 unspecified atom stereocenters. The Hall–Kier alpha value is -2.69. The molecule has 2 aromatic rings. The Morgan fingerprint density at radius 2 is 1.68 bits per heavy atom. The fourth-order valence-electron chi connectivity index (χ4n) is 1.48. The number of carbonyl (C=O) groups is 2. The van der Waals surface area contributed by atoms with Gasteiger partial charge in [-0.05, 0) is 36.4 Å². The summed E-state index contributed by atoms with van der Waals surface area (Å²) >= 11 is 0. The van der Waals surface area contributed by atoms with Crippen LogP contribution in [0, 0.1) is 0 Å². The zero-order chi connectivity index (χ0) is 13.7. The molecule has 0 radical (unpaired) electrons. The number of nitrogens with zero attached hydrogens (tertiary/aromatic N) is 1. The van der Waals surface area contributed by atoms with Crippen molar-refractivity contribution in [3.8, 4) is 5.75 Å². The number of aromatic nitrogens is 1. The first-order valence-electron chi connectivity index (χ1n) is 5.65. The van der Waals surface area contributed by atoms with Crippen molar-refractivity contribution >= 4 is 17.6 Å². The lowest BCUT2D eigenvalue weighted by molar-refractivity contribution is -0.131. The van der Waals surface area contributed by atoms with Crippen LogP contribution < -0.4 is 10.1 Å². The molecule has 1 N–H and O–H groups in total. The predicted octanol–water partition coefficient (Wildman–Crippen LogP) is 2.26. The number of benzene rings is 1. The molecule has 0 aliphatic heterocycles. The van der Waals surface area contributed by atoms with Crippen molar-refractivity contribution in [2.45, 2.75) is 6.92 Å². The van der Waals surface area contributed by atoms with E-state index in [1.165, 1.54) is 6.92 Å². The minimum atomic E-state index is -0.394. The predicted molar refractivity (Wildman–Crippen MR) is 69.9 cm³/mol.